The normalized spacial score (nSPS) is 12.5. The van der Waals surface area contributed by atoms with Gasteiger partial charge in [-0.1, -0.05) is 43.8 Å². The summed E-state index contributed by atoms with van der Waals surface area (Å²) in [5.74, 6) is 0.257. The first-order valence-corrected chi connectivity index (χ1v) is 3.64. The molecule has 0 spiro atoms. The molecule has 0 aromatic heterocycles. The van der Waals surface area contributed by atoms with Crippen molar-refractivity contribution in [1.29, 1.82) is 0 Å². The van der Waals surface area contributed by atoms with Crippen LogP contribution in [0.5, 0.6) is 0 Å². The first kappa shape index (κ1) is 7.86. The Kier molecular flexibility index (Phi) is 2.32. The maximum Gasteiger partial charge on any atom is 0.0922 e. The lowest BCUT2D eigenvalue weighted by atomic mass is 10.0. The summed E-state index contributed by atoms with van der Waals surface area (Å²) in [4.78, 5) is 0. The maximum atomic E-state index is 9.08. The molecule has 58 valence electrons. The summed E-state index contributed by atoms with van der Waals surface area (Å²) in [5, 5.41) is 9.08. The fourth-order valence-electron chi connectivity index (χ4n) is 0.934. The van der Waals surface area contributed by atoms with Gasteiger partial charge in [0.05, 0.1) is 5.76 Å². The standard InChI is InChI=1S/C10H12O/c1-8(9(2)11)10-6-4-3-5-7-10/h3-8,11H,2H2,1H3. The molecule has 0 aliphatic heterocycles. The number of allylic oxidation sites excluding steroid dienone is 1. The second-order valence-electron chi connectivity index (χ2n) is 2.62. The second-order valence-corrected chi connectivity index (χ2v) is 2.62. The molecule has 1 unspecified atom stereocenters. The largest absolute Gasteiger partial charge is 0.512 e. The minimum absolute atomic E-state index is 0.0381. The molecule has 0 aliphatic rings. The highest BCUT2D eigenvalue weighted by atomic mass is 16.3. The average Bonchev–Trinajstić information content (AvgIpc) is 2.05. The van der Waals surface area contributed by atoms with E-state index in [-0.39, 0.29) is 11.7 Å². The molecule has 0 bridgehead atoms. The molecule has 0 amide bonds. The van der Waals surface area contributed by atoms with Crippen molar-refractivity contribution in [2.45, 2.75) is 12.8 Å². The number of aliphatic hydroxyl groups excluding tert-OH is 1. The van der Waals surface area contributed by atoms with Gasteiger partial charge >= 0.3 is 0 Å². The molecule has 1 aromatic carbocycles. The third-order valence-corrected chi connectivity index (χ3v) is 1.80. The van der Waals surface area contributed by atoms with Crippen LogP contribution in [0.15, 0.2) is 42.7 Å². The smallest absolute Gasteiger partial charge is 0.0922 e. The highest BCUT2D eigenvalue weighted by molar-refractivity contribution is 5.23. The Balaban J connectivity index is 2.85. The van der Waals surface area contributed by atoms with Gasteiger partial charge in [-0.25, -0.2) is 0 Å². The van der Waals surface area contributed by atoms with Crippen molar-refractivity contribution in [2.24, 2.45) is 0 Å². The molecule has 0 saturated carbocycles. The lowest BCUT2D eigenvalue weighted by molar-refractivity contribution is 0.378. The van der Waals surface area contributed by atoms with Gasteiger partial charge < -0.3 is 5.11 Å². The number of hydrogen-bond donors (Lipinski definition) is 1. The minimum Gasteiger partial charge on any atom is -0.512 e. The Hall–Kier alpha value is -1.24. The molecule has 1 N–H and O–H groups in total. The molecule has 1 heteroatoms. The van der Waals surface area contributed by atoms with Crippen molar-refractivity contribution in [2.75, 3.05) is 0 Å². The number of aliphatic hydroxyl groups is 1. The first-order valence-electron chi connectivity index (χ1n) is 3.64. The third-order valence-electron chi connectivity index (χ3n) is 1.80. The molecule has 1 nitrogen and oxygen atoms in total. The predicted molar refractivity (Wildman–Crippen MR) is 46.6 cm³/mol. The van der Waals surface area contributed by atoms with Gasteiger partial charge in [0.2, 0.25) is 0 Å². The van der Waals surface area contributed by atoms with Crippen molar-refractivity contribution in [3.8, 4) is 0 Å². The summed E-state index contributed by atoms with van der Waals surface area (Å²) in [6, 6.07) is 9.82. The highest BCUT2D eigenvalue weighted by Gasteiger charge is 2.05. The quantitative estimate of drug-likeness (QED) is 0.639. The van der Waals surface area contributed by atoms with E-state index in [4.69, 9.17) is 5.11 Å². The van der Waals surface area contributed by atoms with Gasteiger partial charge in [-0.3, -0.25) is 0 Å². The fraction of sp³-hybridized carbons (Fsp3) is 0.200. The number of rotatable bonds is 2. The Bertz CT molecular complexity index is 238. The van der Waals surface area contributed by atoms with Gasteiger partial charge in [0.15, 0.2) is 0 Å². The number of benzene rings is 1. The van der Waals surface area contributed by atoms with Gasteiger partial charge in [-0.15, -0.1) is 0 Å². The van der Waals surface area contributed by atoms with Crippen LogP contribution < -0.4 is 0 Å². The summed E-state index contributed by atoms with van der Waals surface area (Å²) in [5.41, 5.74) is 1.10. The molecular weight excluding hydrogens is 136 g/mol. The van der Waals surface area contributed by atoms with E-state index in [1.54, 1.807) is 0 Å². The van der Waals surface area contributed by atoms with Crippen molar-refractivity contribution >= 4 is 0 Å². The van der Waals surface area contributed by atoms with Crippen LogP contribution in [0.2, 0.25) is 0 Å². The van der Waals surface area contributed by atoms with Crippen molar-refractivity contribution < 1.29 is 5.11 Å². The van der Waals surface area contributed by atoms with Gasteiger partial charge in [0.1, 0.15) is 0 Å². The van der Waals surface area contributed by atoms with E-state index < -0.39 is 0 Å². The van der Waals surface area contributed by atoms with E-state index in [0.717, 1.165) is 5.56 Å². The maximum absolute atomic E-state index is 9.08. The topological polar surface area (TPSA) is 20.2 Å². The molecule has 0 fully saturated rings. The lowest BCUT2D eigenvalue weighted by Gasteiger charge is -2.08. The summed E-state index contributed by atoms with van der Waals surface area (Å²) < 4.78 is 0. The third kappa shape index (κ3) is 1.84. The number of hydrogen-bond acceptors (Lipinski definition) is 1. The molecule has 1 rings (SSSR count). The molecule has 0 aliphatic carbocycles. The molecule has 1 atom stereocenters. The van der Waals surface area contributed by atoms with Gasteiger partial charge in [0, 0.05) is 5.92 Å². The fourth-order valence-corrected chi connectivity index (χ4v) is 0.934. The van der Waals surface area contributed by atoms with Crippen molar-refractivity contribution in [1.82, 2.24) is 0 Å². The van der Waals surface area contributed by atoms with E-state index in [1.165, 1.54) is 0 Å². The Labute approximate surface area is 67.0 Å². The van der Waals surface area contributed by atoms with Crippen LogP contribution in [0.25, 0.3) is 0 Å². The Morgan fingerprint density at radius 3 is 2.36 bits per heavy atom. The Morgan fingerprint density at radius 2 is 1.91 bits per heavy atom. The van der Waals surface area contributed by atoms with Crippen molar-refractivity contribution in [3.63, 3.8) is 0 Å². The van der Waals surface area contributed by atoms with Gasteiger partial charge in [-0.2, -0.15) is 0 Å². The van der Waals surface area contributed by atoms with Gasteiger partial charge in [0.25, 0.3) is 0 Å². The van der Waals surface area contributed by atoms with Crippen LogP contribution >= 0.6 is 0 Å². The lowest BCUT2D eigenvalue weighted by Crippen LogP contribution is -1.94. The monoisotopic (exact) mass is 148 g/mol. The van der Waals surface area contributed by atoms with Gasteiger partial charge in [-0.05, 0) is 5.56 Å². The summed E-state index contributed by atoms with van der Waals surface area (Å²) in [7, 11) is 0. The van der Waals surface area contributed by atoms with E-state index >= 15 is 0 Å². The molecule has 0 radical (unpaired) electrons. The van der Waals surface area contributed by atoms with Crippen LogP contribution in [0, 0.1) is 0 Å². The molecule has 11 heavy (non-hydrogen) atoms. The van der Waals surface area contributed by atoms with E-state index in [2.05, 4.69) is 6.58 Å². The van der Waals surface area contributed by atoms with E-state index in [1.807, 2.05) is 37.3 Å². The highest BCUT2D eigenvalue weighted by Crippen LogP contribution is 2.19. The van der Waals surface area contributed by atoms with Crippen LogP contribution in [-0.2, 0) is 0 Å². The van der Waals surface area contributed by atoms with Crippen LogP contribution in [0.3, 0.4) is 0 Å². The van der Waals surface area contributed by atoms with E-state index in [9.17, 15) is 0 Å². The Morgan fingerprint density at radius 1 is 1.36 bits per heavy atom. The van der Waals surface area contributed by atoms with Crippen LogP contribution in [0.4, 0.5) is 0 Å². The minimum atomic E-state index is 0.0381. The molecule has 1 aromatic rings. The predicted octanol–water partition coefficient (Wildman–Crippen LogP) is 2.86. The average molecular weight is 148 g/mol. The SMILES string of the molecule is C=C(O)C(C)c1ccccc1. The molecule has 0 saturated heterocycles. The first-order chi connectivity index (χ1) is 5.22. The summed E-state index contributed by atoms with van der Waals surface area (Å²) >= 11 is 0. The van der Waals surface area contributed by atoms with Crippen molar-refractivity contribution in [3.05, 3.63) is 48.2 Å². The zero-order valence-corrected chi connectivity index (χ0v) is 6.62. The van der Waals surface area contributed by atoms with Crippen LogP contribution in [0.1, 0.15) is 18.4 Å². The van der Waals surface area contributed by atoms with Crippen LogP contribution in [-0.4, -0.2) is 5.11 Å². The summed E-state index contributed by atoms with van der Waals surface area (Å²) in [6.07, 6.45) is 0. The van der Waals surface area contributed by atoms with E-state index in [0.29, 0.717) is 0 Å². The zero-order valence-electron chi connectivity index (χ0n) is 6.62. The zero-order chi connectivity index (χ0) is 8.27. The molecule has 0 heterocycles. The summed E-state index contributed by atoms with van der Waals surface area (Å²) in [6.45, 7) is 5.42. The molecular formula is C10H12O. The second kappa shape index (κ2) is 3.24.